The van der Waals surface area contributed by atoms with Crippen molar-refractivity contribution in [3.05, 3.63) is 0 Å². The third-order valence-corrected chi connectivity index (χ3v) is 2.92. The average Bonchev–Trinajstić information content (AvgIpc) is 2.35. The van der Waals surface area contributed by atoms with Crippen LogP contribution in [0.15, 0.2) is 0 Å². The molecule has 0 saturated carbocycles. The van der Waals surface area contributed by atoms with Crippen molar-refractivity contribution in [2.24, 2.45) is 11.1 Å². The van der Waals surface area contributed by atoms with Gasteiger partial charge in [-0.1, -0.05) is 20.8 Å². The number of likely N-dealkylation sites (tertiary alicyclic amines) is 1. The summed E-state index contributed by atoms with van der Waals surface area (Å²) in [4.78, 5) is 2.49. The first kappa shape index (κ1) is 10.0. The molecule has 0 amide bonds. The molecule has 2 nitrogen and oxygen atoms in total. The first-order chi connectivity index (χ1) is 5.53. The number of hydrogen-bond donors (Lipinski definition) is 1. The van der Waals surface area contributed by atoms with Crippen molar-refractivity contribution in [1.29, 1.82) is 0 Å². The van der Waals surface area contributed by atoms with E-state index in [-0.39, 0.29) is 0 Å². The van der Waals surface area contributed by atoms with Gasteiger partial charge in [0.15, 0.2) is 0 Å². The van der Waals surface area contributed by atoms with Crippen molar-refractivity contribution >= 4 is 0 Å². The molecule has 0 bridgehead atoms. The second-order valence-electron chi connectivity index (χ2n) is 4.80. The highest BCUT2D eigenvalue weighted by molar-refractivity contribution is 4.81. The molecule has 1 saturated heterocycles. The maximum absolute atomic E-state index is 5.84. The Labute approximate surface area is 76.1 Å². The van der Waals surface area contributed by atoms with Crippen molar-refractivity contribution in [1.82, 2.24) is 4.90 Å². The van der Waals surface area contributed by atoms with Gasteiger partial charge < -0.3 is 10.6 Å². The molecule has 0 aliphatic carbocycles. The van der Waals surface area contributed by atoms with E-state index in [1.165, 1.54) is 25.9 Å². The first-order valence-electron chi connectivity index (χ1n) is 5.01. The molecule has 1 rings (SSSR count). The normalized spacial score (nSPS) is 26.5. The summed E-state index contributed by atoms with van der Waals surface area (Å²) in [6.45, 7) is 10.4. The quantitative estimate of drug-likeness (QED) is 0.694. The van der Waals surface area contributed by atoms with Crippen molar-refractivity contribution in [2.45, 2.75) is 39.7 Å². The molecule has 0 spiro atoms. The molecule has 1 aliphatic rings. The second-order valence-corrected chi connectivity index (χ2v) is 4.80. The Kier molecular flexibility index (Phi) is 3.13. The predicted octanol–water partition coefficient (Wildman–Crippen LogP) is 1.46. The fraction of sp³-hybridized carbons (Fsp3) is 1.00. The summed E-state index contributed by atoms with van der Waals surface area (Å²) in [5.74, 6) is 0. The molecule has 2 N–H and O–H groups in total. The van der Waals surface area contributed by atoms with Crippen molar-refractivity contribution in [3.8, 4) is 0 Å². The monoisotopic (exact) mass is 170 g/mol. The van der Waals surface area contributed by atoms with Gasteiger partial charge in [-0.2, -0.15) is 0 Å². The van der Waals surface area contributed by atoms with Gasteiger partial charge in [-0.05, 0) is 24.8 Å². The van der Waals surface area contributed by atoms with E-state index in [4.69, 9.17) is 5.73 Å². The van der Waals surface area contributed by atoms with Crippen LogP contribution in [0.1, 0.15) is 33.6 Å². The van der Waals surface area contributed by atoms with Crippen LogP contribution < -0.4 is 5.73 Å². The van der Waals surface area contributed by atoms with Crippen LogP contribution in [0, 0.1) is 5.41 Å². The van der Waals surface area contributed by atoms with Gasteiger partial charge in [-0.3, -0.25) is 0 Å². The largest absolute Gasteiger partial charge is 0.326 e. The fourth-order valence-corrected chi connectivity index (χ4v) is 1.72. The highest BCUT2D eigenvalue weighted by Crippen LogP contribution is 2.23. The Morgan fingerprint density at radius 2 is 2.17 bits per heavy atom. The van der Waals surface area contributed by atoms with E-state index in [2.05, 4.69) is 25.7 Å². The van der Waals surface area contributed by atoms with Gasteiger partial charge in [0, 0.05) is 19.1 Å². The summed E-state index contributed by atoms with van der Waals surface area (Å²) < 4.78 is 0. The summed E-state index contributed by atoms with van der Waals surface area (Å²) in [6.07, 6.45) is 2.43. The zero-order chi connectivity index (χ0) is 9.19. The Morgan fingerprint density at radius 3 is 2.58 bits per heavy atom. The standard InChI is InChI=1S/C10H22N2/c1-4-10(2,3)8-12-6-5-9(11)7-12/h9H,4-8,11H2,1-3H3/t9-/m0/s1. The van der Waals surface area contributed by atoms with Crippen LogP contribution in [0.25, 0.3) is 0 Å². The van der Waals surface area contributed by atoms with Gasteiger partial charge in [0.2, 0.25) is 0 Å². The number of nitrogens with zero attached hydrogens (tertiary/aromatic N) is 1. The van der Waals surface area contributed by atoms with E-state index in [9.17, 15) is 0 Å². The third kappa shape index (κ3) is 2.76. The maximum Gasteiger partial charge on any atom is 0.0180 e. The Bertz CT molecular complexity index is 143. The van der Waals surface area contributed by atoms with Gasteiger partial charge >= 0.3 is 0 Å². The SMILES string of the molecule is CCC(C)(C)CN1CC[C@H](N)C1. The summed E-state index contributed by atoms with van der Waals surface area (Å²) in [5.41, 5.74) is 6.31. The first-order valence-corrected chi connectivity index (χ1v) is 5.01. The molecule has 0 aromatic rings. The topological polar surface area (TPSA) is 29.3 Å². The Morgan fingerprint density at radius 1 is 1.50 bits per heavy atom. The lowest BCUT2D eigenvalue weighted by atomic mass is 9.90. The van der Waals surface area contributed by atoms with E-state index in [0.29, 0.717) is 11.5 Å². The van der Waals surface area contributed by atoms with E-state index in [0.717, 1.165) is 6.54 Å². The summed E-state index contributed by atoms with van der Waals surface area (Å²) >= 11 is 0. The molecular weight excluding hydrogens is 148 g/mol. The molecule has 1 heterocycles. The van der Waals surface area contributed by atoms with Crippen LogP contribution >= 0.6 is 0 Å². The van der Waals surface area contributed by atoms with Crippen molar-refractivity contribution < 1.29 is 0 Å². The summed E-state index contributed by atoms with van der Waals surface area (Å²) in [6, 6.07) is 0.428. The number of rotatable bonds is 3. The van der Waals surface area contributed by atoms with Gasteiger partial charge in [-0.25, -0.2) is 0 Å². The van der Waals surface area contributed by atoms with Crippen LogP contribution in [0.2, 0.25) is 0 Å². The third-order valence-electron chi connectivity index (χ3n) is 2.92. The Hall–Kier alpha value is -0.0800. The van der Waals surface area contributed by atoms with Gasteiger partial charge in [-0.15, -0.1) is 0 Å². The molecule has 0 unspecified atom stereocenters. The molecule has 1 fully saturated rings. The van der Waals surface area contributed by atoms with Crippen LogP contribution in [-0.2, 0) is 0 Å². The highest BCUT2D eigenvalue weighted by Gasteiger charge is 2.24. The second kappa shape index (κ2) is 3.75. The summed E-state index contributed by atoms with van der Waals surface area (Å²) in [5, 5.41) is 0. The zero-order valence-electron chi connectivity index (χ0n) is 8.64. The molecule has 0 radical (unpaired) electrons. The van der Waals surface area contributed by atoms with Gasteiger partial charge in [0.1, 0.15) is 0 Å². The lowest BCUT2D eigenvalue weighted by Gasteiger charge is -2.28. The lowest BCUT2D eigenvalue weighted by molar-refractivity contribution is 0.202. The Balaban J connectivity index is 2.32. The molecule has 1 atom stereocenters. The smallest absolute Gasteiger partial charge is 0.0180 e. The van der Waals surface area contributed by atoms with E-state index in [1.54, 1.807) is 0 Å². The number of nitrogens with two attached hydrogens (primary N) is 1. The van der Waals surface area contributed by atoms with Gasteiger partial charge in [0.05, 0.1) is 0 Å². The van der Waals surface area contributed by atoms with Gasteiger partial charge in [0.25, 0.3) is 0 Å². The minimum atomic E-state index is 0.428. The molecule has 0 aromatic heterocycles. The zero-order valence-corrected chi connectivity index (χ0v) is 8.64. The molecule has 0 aromatic carbocycles. The van der Waals surface area contributed by atoms with Crippen LogP contribution in [0.4, 0.5) is 0 Å². The lowest BCUT2D eigenvalue weighted by Crippen LogP contribution is -2.34. The fourth-order valence-electron chi connectivity index (χ4n) is 1.72. The predicted molar refractivity (Wildman–Crippen MR) is 53.1 cm³/mol. The molecule has 72 valence electrons. The van der Waals surface area contributed by atoms with E-state index < -0.39 is 0 Å². The highest BCUT2D eigenvalue weighted by atomic mass is 15.2. The van der Waals surface area contributed by atoms with Crippen LogP contribution in [-0.4, -0.2) is 30.6 Å². The molecular formula is C10H22N2. The van der Waals surface area contributed by atoms with Crippen LogP contribution in [0.3, 0.4) is 0 Å². The molecule has 1 aliphatic heterocycles. The van der Waals surface area contributed by atoms with Crippen molar-refractivity contribution in [3.63, 3.8) is 0 Å². The molecule has 12 heavy (non-hydrogen) atoms. The van der Waals surface area contributed by atoms with Crippen molar-refractivity contribution in [2.75, 3.05) is 19.6 Å². The van der Waals surface area contributed by atoms with E-state index >= 15 is 0 Å². The maximum atomic E-state index is 5.84. The minimum absolute atomic E-state index is 0.428. The summed E-state index contributed by atoms with van der Waals surface area (Å²) in [7, 11) is 0. The minimum Gasteiger partial charge on any atom is -0.326 e. The molecule has 2 heteroatoms. The average molecular weight is 170 g/mol. The number of hydrogen-bond acceptors (Lipinski definition) is 2. The van der Waals surface area contributed by atoms with E-state index in [1.807, 2.05) is 0 Å². The van der Waals surface area contributed by atoms with Crippen LogP contribution in [0.5, 0.6) is 0 Å².